The smallest absolute Gasteiger partial charge is 0.100 e. The van der Waals surface area contributed by atoms with Crippen LogP contribution < -0.4 is 0 Å². The van der Waals surface area contributed by atoms with E-state index >= 15 is 0 Å². The number of nitrogens with zero attached hydrogens (tertiary/aromatic N) is 1. The summed E-state index contributed by atoms with van der Waals surface area (Å²) in [5.41, 5.74) is -0.187. The topological polar surface area (TPSA) is 33.1 Å². The molecular weight excluding hydrogens is 194 g/mol. The van der Waals surface area contributed by atoms with Gasteiger partial charge in [0.15, 0.2) is 0 Å². The van der Waals surface area contributed by atoms with Gasteiger partial charge in [-0.15, -0.1) is 0 Å². The molecule has 0 saturated heterocycles. The first-order valence-electron chi connectivity index (χ1n) is 5.15. The van der Waals surface area contributed by atoms with Gasteiger partial charge in [0.05, 0.1) is 4.88 Å². The number of hydrogen-bond donors (Lipinski definition) is 1. The summed E-state index contributed by atoms with van der Waals surface area (Å²) in [5, 5.41) is 10.4. The second kappa shape index (κ2) is 3.31. The molecule has 0 bridgehead atoms. The Bertz CT molecular complexity index is 295. The molecule has 1 fully saturated rings. The van der Waals surface area contributed by atoms with Crippen LogP contribution >= 0.6 is 11.5 Å². The van der Waals surface area contributed by atoms with E-state index in [2.05, 4.69) is 18.2 Å². The van der Waals surface area contributed by atoms with Crippen LogP contribution in [0.3, 0.4) is 0 Å². The lowest BCUT2D eigenvalue weighted by molar-refractivity contribution is -0.0276. The molecule has 0 aromatic carbocycles. The SMILES string of the molecule is CC1(C)CCC(O)(c2ccns2)CC1. The second-order valence-electron chi connectivity index (χ2n) is 5.07. The Morgan fingerprint density at radius 1 is 1.29 bits per heavy atom. The molecule has 1 aliphatic carbocycles. The molecule has 0 radical (unpaired) electrons. The molecule has 0 aliphatic heterocycles. The summed E-state index contributed by atoms with van der Waals surface area (Å²) in [7, 11) is 0. The third kappa shape index (κ3) is 1.84. The van der Waals surface area contributed by atoms with Crippen LogP contribution in [-0.4, -0.2) is 9.48 Å². The molecule has 0 spiro atoms. The molecule has 2 nitrogen and oxygen atoms in total. The van der Waals surface area contributed by atoms with Crippen molar-refractivity contribution in [1.29, 1.82) is 0 Å². The highest BCUT2D eigenvalue weighted by Crippen LogP contribution is 2.45. The first-order valence-corrected chi connectivity index (χ1v) is 5.93. The van der Waals surface area contributed by atoms with Gasteiger partial charge in [0.25, 0.3) is 0 Å². The predicted molar refractivity (Wildman–Crippen MR) is 58.3 cm³/mol. The van der Waals surface area contributed by atoms with Gasteiger partial charge in [0.2, 0.25) is 0 Å². The molecule has 1 aliphatic rings. The van der Waals surface area contributed by atoms with E-state index in [0.29, 0.717) is 5.41 Å². The van der Waals surface area contributed by atoms with Crippen LogP contribution in [0, 0.1) is 5.41 Å². The molecule has 0 atom stereocenters. The molecule has 0 unspecified atom stereocenters. The Balaban J connectivity index is 2.13. The van der Waals surface area contributed by atoms with Crippen molar-refractivity contribution in [2.75, 3.05) is 0 Å². The minimum Gasteiger partial charge on any atom is -0.384 e. The van der Waals surface area contributed by atoms with E-state index in [1.807, 2.05) is 6.07 Å². The van der Waals surface area contributed by atoms with Crippen LogP contribution in [0.2, 0.25) is 0 Å². The predicted octanol–water partition coefficient (Wildman–Crippen LogP) is 2.93. The zero-order valence-electron chi connectivity index (χ0n) is 8.79. The zero-order valence-corrected chi connectivity index (χ0v) is 9.60. The van der Waals surface area contributed by atoms with Crippen molar-refractivity contribution >= 4 is 11.5 Å². The fourth-order valence-electron chi connectivity index (χ4n) is 2.04. The fourth-order valence-corrected chi connectivity index (χ4v) is 2.77. The van der Waals surface area contributed by atoms with E-state index in [1.165, 1.54) is 11.5 Å². The van der Waals surface area contributed by atoms with E-state index in [1.54, 1.807) is 6.20 Å². The van der Waals surface area contributed by atoms with Crippen LogP contribution in [0.4, 0.5) is 0 Å². The zero-order chi connectivity index (χ0) is 10.2. The van der Waals surface area contributed by atoms with Gasteiger partial charge in [-0.05, 0) is 48.7 Å². The van der Waals surface area contributed by atoms with Gasteiger partial charge in [-0.2, -0.15) is 0 Å². The van der Waals surface area contributed by atoms with Gasteiger partial charge < -0.3 is 5.11 Å². The summed E-state index contributed by atoms with van der Waals surface area (Å²) in [5.74, 6) is 0. The van der Waals surface area contributed by atoms with Crippen molar-refractivity contribution in [1.82, 2.24) is 4.37 Å². The van der Waals surface area contributed by atoms with Gasteiger partial charge >= 0.3 is 0 Å². The molecule has 1 N–H and O–H groups in total. The van der Waals surface area contributed by atoms with Gasteiger partial charge in [-0.25, -0.2) is 4.37 Å². The summed E-state index contributed by atoms with van der Waals surface area (Å²) in [6.45, 7) is 4.55. The Labute approximate surface area is 89.1 Å². The molecule has 1 saturated carbocycles. The van der Waals surface area contributed by atoms with Crippen LogP contribution in [0.25, 0.3) is 0 Å². The Morgan fingerprint density at radius 2 is 1.93 bits per heavy atom. The van der Waals surface area contributed by atoms with Crippen molar-refractivity contribution < 1.29 is 5.11 Å². The van der Waals surface area contributed by atoms with Crippen molar-refractivity contribution in [2.24, 2.45) is 5.41 Å². The first-order chi connectivity index (χ1) is 6.52. The van der Waals surface area contributed by atoms with Crippen molar-refractivity contribution in [3.63, 3.8) is 0 Å². The van der Waals surface area contributed by atoms with E-state index in [9.17, 15) is 5.11 Å². The maximum Gasteiger partial charge on any atom is 0.100 e. The minimum absolute atomic E-state index is 0.400. The summed E-state index contributed by atoms with van der Waals surface area (Å²) in [6, 6.07) is 1.95. The third-order valence-electron chi connectivity index (χ3n) is 3.33. The molecule has 1 aromatic heterocycles. The summed E-state index contributed by atoms with van der Waals surface area (Å²) in [4.78, 5) is 1.04. The van der Waals surface area contributed by atoms with E-state index < -0.39 is 5.60 Å². The Morgan fingerprint density at radius 3 is 2.43 bits per heavy atom. The lowest BCUT2D eigenvalue weighted by Gasteiger charge is -2.39. The fraction of sp³-hybridized carbons (Fsp3) is 0.727. The highest BCUT2D eigenvalue weighted by atomic mass is 32.1. The van der Waals surface area contributed by atoms with E-state index in [0.717, 1.165) is 30.6 Å². The highest BCUT2D eigenvalue weighted by Gasteiger charge is 2.38. The van der Waals surface area contributed by atoms with Crippen LogP contribution in [0.15, 0.2) is 12.3 Å². The Hall–Kier alpha value is -0.410. The maximum absolute atomic E-state index is 10.4. The normalized spacial score (nSPS) is 24.8. The summed E-state index contributed by atoms with van der Waals surface area (Å²) in [6.07, 6.45) is 5.73. The summed E-state index contributed by atoms with van der Waals surface area (Å²) >= 11 is 1.43. The third-order valence-corrected chi connectivity index (χ3v) is 4.27. The van der Waals surface area contributed by atoms with E-state index in [-0.39, 0.29) is 0 Å². The summed E-state index contributed by atoms with van der Waals surface area (Å²) < 4.78 is 4.06. The molecular formula is C11H17NOS. The number of aliphatic hydroxyl groups is 1. The largest absolute Gasteiger partial charge is 0.384 e. The molecule has 78 valence electrons. The second-order valence-corrected chi connectivity index (χ2v) is 5.91. The lowest BCUT2D eigenvalue weighted by atomic mass is 9.70. The molecule has 0 amide bonds. The van der Waals surface area contributed by atoms with Crippen molar-refractivity contribution in [3.8, 4) is 0 Å². The quantitative estimate of drug-likeness (QED) is 0.774. The highest BCUT2D eigenvalue weighted by molar-refractivity contribution is 7.05. The number of rotatable bonds is 1. The van der Waals surface area contributed by atoms with Crippen LogP contribution in [0.1, 0.15) is 44.4 Å². The standard InChI is InChI=1S/C11H17NOS/c1-10(2)4-6-11(13,7-5-10)9-3-8-12-14-9/h3,8,13H,4-7H2,1-2H3. The van der Waals surface area contributed by atoms with Crippen molar-refractivity contribution in [2.45, 2.75) is 45.1 Å². The van der Waals surface area contributed by atoms with Crippen LogP contribution in [-0.2, 0) is 5.60 Å². The first kappa shape index (κ1) is 10.1. The Kier molecular flexibility index (Phi) is 2.40. The van der Waals surface area contributed by atoms with Gasteiger partial charge in [-0.3, -0.25) is 0 Å². The molecule has 1 heterocycles. The molecule has 14 heavy (non-hydrogen) atoms. The average Bonchev–Trinajstić information content (AvgIpc) is 2.64. The van der Waals surface area contributed by atoms with Crippen molar-refractivity contribution in [3.05, 3.63) is 17.1 Å². The molecule has 1 aromatic rings. The lowest BCUT2D eigenvalue weighted by Crippen LogP contribution is -2.33. The number of hydrogen-bond acceptors (Lipinski definition) is 3. The number of aromatic nitrogens is 1. The van der Waals surface area contributed by atoms with E-state index in [4.69, 9.17) is 0 Å². The van der Waals surface area contributed by atoms with Gasteiger partial charge in [0.1, 0.15) is 5.60 Å². The maximum atomic E-state index is 10.4. The van der Waals surface area contributed by atoms with Gasteiger partial charge in [0, 0.05) is 6.20 Å². The van der Waals surface area contributed by atoms with Crippen LogP contribution in [0.5, 0.6) is 0 Å². The minimum atomic E-state index is -0.587. The monoisotopic (exact) mass is 211 g/mol. The average molecular weight is 211 g/mol. The molecule has 2 rings (SSSR count). The van der Waals surface area contributed by atoms with Gasteiger partial charge in [-0.1, -0.05) is 13.8 Å². The molecule has 3 heteroatoms.